The minimum Gasteiger partial charge on any atom is -0.361 e. The largest absolute Gasteiger partial charge is 0.406 e. The molecule has 1 N–H and O–H groups in total. The molecule has 6 nitrogen and oxygen atoms in total. The predicted molar refractivity (Wildman–Crippen MR) is 60.3 cm³/mol. The molecule has 1 heterocycles. The van der Waals surface area contributed by atoms with Crippen molar-refractivity contribution in [2.24, 2.45) is 7.05 Å². The van der Waals surface area contributed by atoms with E-state index < -0.39 is 4.92 Å². The molecule has 1 aromatic heterocycles. The van der Waals surface area contributed by atoms with Gasteiger partial charge < -0.3 is 15.4 Å². The molecule has 0 saturated carbocycles. The van der Waals surface area contributed by atoms with Crippen molar-refractivity contribution in [2.75, 3.05) is 5.32 Å². The second-order valence-corrected chi connectivity index (χ2v) is 3.91. The Bertz CT molecular complexity index is 424. The van der Waals surface area contributed by atoms with Crippen LogP contribution in [0.5, 0.6) is 0 Å². The standard InChI is InChI=1S/C10H14N4O2/c1-13-7-11-9(14(15)16)10(13)12-8-5-3-2-4-6-8/h2-3,7-8,12H,4-6H2,1H3. The van der Waals surface area contributed by atoms with Gasteiger partial charge in [0.05, 0.1) is 0 Å². The second-order valence-electron chi connectivity index (χ2n) is 3.91. The van der Waals surface area contributed by atoms with Gasteiger partial charge in [0.1, 0.15) is 0 Å². The first-order chi connectivity index (χ1) is 7.68. The van der Waals surface area contributed by atoms with E-state index in [2.05, 4.69) is 22.5 Å². The lowest BCUT2D eigenvalue weighted by atomic mass is 10.0. The Morgan fingerprint density at radius 2 is 2.44 bits per heavy atom. The number of allylic oxidation sites excluding steroid dienone is 1. The number of nitro groups is 1. The van der Waals surface area contributed by atoms with Gasteiger partial charge in [-0.1, -0.05) is 12.2 Å². The fraction of sp³-hybridized carbons (Fsp3) is 0.500. The summed E-state index contributed by atoms with van der Waals surface area (Å²) in [7, 11) is 1.75. The number of nitrogens with one attached hydrogen (secondary N) is 1. The predicted octanol–water partition coefficient (Wildman–Crippen LogP) is 1.85. The lowest BCUT2D eigenvalue weighted by molar-refractivity contribution is -0.388. The first-order valence-corrected chi connectivity index (χ1v) is 5.25. The summed E-state index contributed by atoms with van der Waals surface area (Å²) in [5.41, 5.74) is 0. The first-order valence-electron chi connectivity index (χ1n) is 5.25. The molecule has 1 aliphatic rings. The fourth-order valence-corrected chi connectivity index (χ4v) is 1.84. The van der Waals surface area contributed by atoms with Crippen LogP contribution in [0.1, 0.15) is 19.3 Å². The van der Waals surface area contributed by atoms with E-state index in [0.717, 1.165) is 19.3 Å². The Morgan fingerprint density at radius 1 is 1.62 bits per heavy atom. The van der Waals surface area contributed by atoms with Crippen molar-refractivity contribution in [1.29, 1.82) is 0 Å². The number of hydrogen-bond donors (Lipinski definition) is 1. The van der Waals surface area contributed by atoms with E-state index >= 15 is 0 Å². The van der Waals surface area contributed by atoms with E-state index in [-0.39, 0.29) is 11.9 Å². The van der Waals surface area contributed by atoms with Gasteiger partial charge in [0.25, 0.3) is 0 Å². The van der Waals surface area contributed by atoms with Crippen LogP contribution in [0.4, 0.5) is 11.6 Å². The minimum absolute atomic E-state index is 0.1000. The summed E-state index contributed by atoms with van der Waals surface area (Å²) >= 11 is 0. The van der Waals surface area contributed by atoms with Crippen molar-refractivity contribution in [1.82, 2.24) is 9.55 Å². The van der Waals surface area contributed by atoms with E-state index in [1.54, 1.807) is 11.6 Å². The molecule has 6 heteroatoms. The Hall–Kier alpha value is -1.85. The highest BCUT2D eigenvalue weighted by molar-refractivity contribution is 5.52. The maximum atomic E-state index is 10.8. The fourth-order valence-electron chi connectivity index (χ4n) is 1.84. The lowest BCUT2D eigenvalue weighted by Gasteiger charge is -2.19. The van der Waals surface area contributed by atoms with Crippen LogP contribution in [-0.4, -0.2) is 20.5 Å². The van der Waals surface area contributed by atoms with Crippen molar-refractivity contribution in [3.05, 3.63) is 28.6 Å². The maximum absolute atomic E-state index is 10.8. The summed E-state index contributed by atoms with van der Waals surface area (Å²) in [6.07, 6.45) is 8.61. The maximum Gasteiger partial charge on any atom is 0.406 e. The zero-order valence-corrected chi connectivity index (χ0v) is 9.09. The number of aromatic nitrogens is 2. The number of hydrogen-bond acceptors (Lipinski definition) is 4. The molecular weight excluding hydrogens is 208 g/mol. The molecular formula is C10H14N4O2. The monoisotopic (exact) mass is 222 g/mol. The third-order valence-corrected chi connectivity index (χ3v) is 2.70. The summed E-state index contributed by atoms with van der Waals surface area (Å²) in [6.45, 7) is 0. The zero-order chi connectivity index (χ0) is 11.5. The van der Waals surface area contributed by atoms with Gasteiger partial charge in [0.2, 0.25) is 12.1 Å². The third kappa shape index (κ3) is 2.05. The number of aryl methyl sites for hydroxylation is 1. The molecule has 0 bridgehead atoms. The van der Waals surface area contributed by atoms with Crippen molar-refractivity contribution in [3.8, 4) is 0 Å². The van der Waals surface area contributed by atoms with Crippen LogP contribution < -0.4 is 5.32 Å². The molecule has 0 aliphatic heterocycles. The Morgan fingerprint density at radius 3 is 3.06 bits per heavy atom. The molecule has 1 atom stereocenters. The molecule has 0 fully saturated rings. The Labute approximate surface area is 93.1 Å². The van der Waals surface area contributed by atoms with Gasteiger partial charge in [0.15, 0.2) is 0 Å². The molecule has 0 saturated heterocycles. The van der Waals surface area contributed by atoms with E-state index in [0.29, 0.717) is 5.82 Å². The van der Waals surface area contributed by atoms with Gasteiger partial charge in [-0.05, 0) is 29.2 Å². The third-order valence-electron chi connectivity index (χ3n) is 2.70. The molecule has 0 aromatic carbocycles. The SMILES string of the molecule is Cn1cnc([N+](=O)[O-])c1NC1CC=CCC1. The molecule has 1 unspecified atom stereocenters. The Balaban J connectivity index is 2.16. The highest BCUT2D eigenvalue weighted by Gasteiger charge is 2.22. The van der Waals surface area contributed by atoms with Crippen molar-refractivity contribution >= 4 is 11.6 Å². The number of nitrogens with zero attached hydrogens (tertiary/aromatic N) is 3. The molecule has 1 aromatic rings. The number of imidazole rings is 1. The average molecular weight is 222 g/mol. The van der Waals surface area contributed by atoms with Crippen LogP contribution in [0.15, 0.2) is 18.5 Å². The van der Waals surface area contributed by atoms with Gasteiger partial charge in [-0.15, -0.1) is 0 Å². The number of rotatable bonds is 3. The summed E-state index contributed by atoms with van der Waals surface area (Å²) < 4.78 is 1.65. The van der Waals surface area contributed by atoms with Gasteiger partial charge in [-0.2, -0.15) is 0 Å². The van der Waals surface area contributed by atoms with E-state index in [4.69, 9.17) is 0 Å². The molecule has 16 heavy (non-hydrogen) atoms. The van der Waals surface area contributed by atoms with Crippen LogP contribution in [0.2, 0.25) is 0 Å². The second kappa shape index (κ2) is 4.34. The summed E-state index contributed by atoms with van der Waals surface area (Å²) in [4.78, 5) is 14.1. The molecule has 86 valence electrons. The zero-order valence-electron chi connectivity index (χ0n) is 9.09. The quantitative estimate of drug-likeness (QED) is 0.481. The highest BCUT2D eigenvalue weighted by atomic mass is 16.6. The lowest BCUT2D eigenvalue weighted by Crippen LogP contribution is -2.22. The normalized spacial score (nSPS) is 19.7. The van der Waals surface area contributed by atoms with Crippen LogP contribution in [-0.2, 0) is 7.05 Å². The first kappa shape index (κ1) is 10.7. The molecule has 0 spiro atoms. The molecule has 1 aliphatic carbocycles. The smallest absolute Gasteiger partial charge is 0.361 e. The summed E-state index contributed by atoms with van der Waals surface area (Å²) in [5.74, 6) is 0.391. The van der Waals surface area contributed by atoms with Crippen molar-refractivity contribution in [3.63, 3.8) is 0 Å². The molecule has 0 radical (unpaired) electrons. The Kier molecular flexibility index (Phi) is 2.89. The van der Waals surface area contributed by atoms with Gasteiger partial charge in [0, 0.05) is 13.1 Å². The van der Waals surface area contributed by atoms with Crippen molar-refractivity contribution in [2.45, 2.75) is 25.3 Å². The van der Waals surface area contributed by atoms with Gasteiger partial charge in [-0.25, -0.2) is 0 Å². The summed E-state index contributed by atoms with van der Waals surface area (Å²) in [5, 5.41) is 13.9. The summed E-state index contributed by atoms with van der Waals surface area (Å²) in [6, 6.07) is 0.263. The van der Waals surface area contributed by atoms with Crippen molar-refractivity contribution < 1.29 is 4.92 Å². The van der Waals surface area contributed by atoms with E-state index in [1.165, 1.54) is 6.33 Å². The van der Waals surface area contributed by atoms with E-state index in [9.17, 15) is 10.1 Å². The molecule has 2 rings (SSSR count). The van der Waals surface area contributed by atoms with E-state index in [1.807, 2.05) is 0 Å². The van der Waals surface area contributed by atoms with Crippen LogP contribution in [0.25, 0.3) is 0 Å². The van der Waals surface area contributed by atoms with Gasteiger partial charge in [-0.3, -0.25) is 4.57 Å². The van der Waals surface area contributed by atoms with Crippen LogP contribution in [0, 0.1) is 10.1 Å². The average Bonchev–Trinajstić information content (AvgIpc) is 2.62. The topological polar surface area (TPSA) is 73.0 Å². The molecule has 0 amide bonds. The van der Waals surface area contributed by atoms with Crippen LogP contribution in [0.3, 0.4) is 0 Å². The van der Waals surface area contributed by atoms with Gasteiger partial charge >= 0.3 is 5.82 Å². The van der Waals surface area contributed by atoms with Crippen LogP contribution >= 0.6 is 0 Å². The highest BCUT2D eigenvalue weighted by Crippen LogP contribution is 2.24. The minimum atomic E-state index is -0.457. The number of anilines is 1.